The molecule has 0 saturated carbocycles. The Morgan fingerprint density at radius 3 is 2.89 bits per heavy atom. The predicted octanol–water partition coefficient (Wildman–Crippen LogP) is 1.86. The number of hydrogen-bond donors (Lipinski definition) is 1. The van der Waals surface area contributed by atoms with Crippen LogP contribution in [-0.2, 0) is 11.3 Å². The number of anilines is 1. The number of amides is 1. The van der Waals surface area contributed by atoms with Gasteiger partial charge in [-0.2, -0.15) is 5.10 Å². The van der Waals surface area contributed by atoms with Crippen molar-refractivity contribution in [2.75, 3.05) is 12.3 Å². The van der Waals surface area contributed by atoms with Gasteiger partial charge in [0.1, 0.15) is 5.60 Å². The molecule has 1 amide bonds. The second kappa shape index (κ2) is 5.11. The topological polar surface area (TPSA) is 73.4 Å². The van der Waals surface area contributed by atoms with Gasteiger partial charge in [-0.3, -0.25) is 4.68 Å². The zero-order valence-electron chi connectivity index (χ0n) is 11.8. The van der Waals surface area contributed by atoms with Gasteiger partial charge in [0.2, 0.25) is 0 Å². The van der Waals surface area contributed by atoms with Gasteiger partial charge in [0.15, 0.2) is 0 Å². The molecule has 0 spiro atoms. The summed E-state index contributed by atoms with van der Waals surface area (Å²) in [4.78, 5) is 13.9. The van der Waals surface area contributed by atoms with Crippen LogP contribution in [-0.4, -0.2) is 39.0 Å². The SMILES string of the molecule is CC(C)(C)OC(=O)N1CCC[C@@H]1Cn1cc(N)cn1. The fraction of sp³-hybridized carbons (Fsp3) is 0.692. The van der Waals surface area contributed by atoms with Crippen molar-refractivity contribution in [2.24, 2.45) is 0 Å². The minimum Gasteiger partial charge on any atom is -0.444 e. The van der Waals surface area contributed by atoms with Crippen molar-refractivity contribution in [1.29, 1.82) is 0 Å². The molecule has 106 valence electrons. The highest BCUT2D eigenvalue weighted by molar-refractivity contribution is 5.68. The lowest BCUT2D eigenvalue weighted by atomic mass is 10.2. The maximum absolute atomic E-state index is 12.1. The highest BCUT2D eigenvalue weighted by atomic mass is 16.6. The van der Waals surface area contributed by atoms with Gasteiger partial charge in [-0.25, -0.2) is 4.79 Å². The highest BCUT2D eigenvalue weighted by Gasteiger charge is 2.32. The summed E-state index contributed by atoms with van der Waals surface area (Å²) >= 11 is 0. The van der Waals surface area contributed by atoms with Crippen LogP contribution in [0.1, 0.15) is 33.6 Å². The van der Waals surface area contributed by atoms with Crippen LogP contribution in [0.5, 0.6) is 0 Å². The molecule has 1 fully saturated rings. The maximum Gasteiger partial charge on any atom is 0.410 e. The van der Waals surface area contributed by atoms with Crippen molar-refractivity contribution in [3.63, 3.8) is 0 Å². The summed E-state index contributed by atoms with van der Waals surface area (Å²) in [5.41, 5.74) is 5.82. The van der Waals surface area contributed by atoms with E-state index >= 15 is 0 Å². The van der Waals surface area contributed by atoms with Crippen molar-refractivity contribution >= 4 is 11.8 Å². The number of rotatable bonds is 2. The van der Waals surface area contributed by atoms with E-state index in [-0.39, 0.29) is 12.1 Å². The van der Waals surface area contributed by atoms with Crippen LogP contribution in [0.4, 0.5) is 10.5 Å². The third-order valence-corrected chi connectivity index (χ3v) is 3.06. The minimum absolute atomic E-state index is 0.133. The summed E-state index contributed by atoms with van der Waals surface area (Å²) in [5, 5.41) is 4.16. The second-order valence-corrected chi connectivity index (χ2v) is 5.97. The van der Waals surface area contributed by atoms with E-state index in [1.807, 2.05) is 20.8 Å². The Labute approximate surface area is 113 Å². The molecule has 1 saturated heterocycles. The molecule has 0 bridgehead atoms. The van der Waals surface area contributed by atoms with Gasteiger partial charge < -0.3 is 15.4 Å². The number of hydrogen-bond acceptors (Lipinski definition) is 4. The van der Waals surface area contributed by atoms with Crippen molar-refractivity contribution in [2.45, 2.75) is 51.8 Å². The van der Waals surface area contributed by atoms with Crippen LogP contribution in [0, 0.1) is 0 Å². The number of carbonyl (C=O) groups is 1. The summed E-state index contributed by atoms with van der Waals surface area (Å²) in [7, 11) is 0. The van der Waals surface area contributed by atoms with E-state index in [1.54, 1.807) is 22.0 Å². The Kier molecular flexibility index (Phi) is 3.68. The first-order valence-electron chi connectivity index (χ1n) is 6.63. The molecule has 0 aromatic carbocycles. The number of nitrogen functional groups attached to an aromatic ring is 1. The van der Waals surface area contributed by atoms with Gasteiger partial charge in [0.25, 0.3) is 0 Å². The Bertz CT molecular complexity index is 450. The molecule has 1 atom stereocenters. The molecule has 1 aromatic rings. The minimum atomic E-state index is -0.458. The molecule has 1 aromatic heterocycles. The zero-order chi connectivity index (χ0) is 14.0. The molecule has 6 nitrogen and oxygen atoms in total. The van der Waals surface area contributed by atoms with Gasteiger partial charge in [0, 0.05) is 12.7 Å². The maximum atomic E-state index is 12.1. The zero-order valence-corrected chi connectivity index (χ0v) is 11.8. The second-order valence-electron chi connectivity index (χ2n) is 5.97. The van der Waals surface area contributed by atoms with Gasteiger partial charge >= 0.3 is 6.09 Å². The lowest BCUT2D eigenvalue weighted by Crippen LogP contribution is -2.41. The monoisotopic (exact) mass is 266 g/mol. The Morgan fingerprint density at radius 2 is 2.32 bits per heavy atom. The number of aromatic nitrogens is 2. The summed E-state index contributed by atoms with van der Waals surface area (Å²) in [6, 6.07) is 0.133. The van der Waals surface area contributed by atoms with Crippen LogP contribution < -0.4 is 5.73 Å². The first kappa shape index (κ1) is 13.7. The predicted molar refractivity (Wildman–Crippen MR) is 72.6 cm³/mol. The van der Waals surface area contributed by atoms with E-state index in [0.717, 1.165) is 19.4 Å². The molecule has 0 aliphatic carbocycles. The quantitative estimate of drug-likeness (QED) is 0.886. The number of carbonyl (C=O) groups excluding carboxylic acids is 1. The fourth-order valence-corrected chi connectivity index (χ4v) is 2.28. The summed E-state index contributed by atoms with van der Waals surface area (Å²) in [6.07, 6.45) is 5.13. The first-order chi connectivity index (χ1) is 8.85. The summed E-state index contributed by atoms with van der Waals surface area (Å²) < 4.78 is 7.21. The van der Waals surface area contributed by atoms with Crippen molar-refractivity contribution in [1.82, 2.24) is 14.7 Å². The van der Waals surface area contributed by atoms with Crippen LogP contribution in [0.2, 0.25) is 0 Å². The third kappa shape index (κ3) is 3.62. The van der Waals surface area contributed by atoms with Gasteiger partial charge in [0.05, 0.1) is 24.5 Å². The van der Waals surface area contributed by atoms with Gasteiger partial charge in [-0.05, 0) is 33.6 Å². The normalized spacial score (nSPS) is 19.7. The van der Waals surface area contributed by atoms with E-state index in [4.69, 9.17) is 10.5 Å². The van der Waals surface area contributed by atoms with Crippen molar-refractivity contribution in [3.8, 4) is 0 Å². The van der Waals surface area contributed by atoms with Gasteiger partial charge in [-0.1, -0.05) is 0 Å². The van der Waals surface area contributed by atoms with E-state index in [0.29, 0.717) is 12.2 Å². The molecule has 2 rings (SSSR count). The van der Waals surface area contributed by atoms with Crippen molar-refractivity contribution in [3.05, 3.63) is 12.4 Å². The largest absolute Gasteiger partial charge is 0.444 e. The highest BCUT2D eigenvalue weighted by Crippen LogP contribution is 2.22. The summed E-state index contributed by atoms with van der Waals surface area (Å²) in [5.74, 6) is 0. The van der Waals surface area contributed by atoms with Crippen molar-refractivity contribution < 1.29 is 9.53 Å². The molecular formula is C13H22N4O2. The number of nitrogens with two attached hydrogens (primary N) is 1. The Morgan fingerprint density at radius 1 is 1.58 bits per heavy atom. The lowest BCUT2D eigenvalue weighted by Gasteiger charge is -2.28. The fourth-order valence-electron chi connectivity index (χ4n) is 2.28. The third-order valence-electron chi connectivity index (χ3n) is 3.06. The Balaban J connectivity index is 1.98. The van der Waals surface area contributed by atoms with Crippen LogP contribution in [0.15, 0.2) is 12.4 Å². The van der Waals surface area contributed by atoms with E-state index in [9.17, 15) is 4.79 Å². The molecule has 0 unspecified atom stereocenters. The first-order valence-corrected chi connectivity index (χ1v) is 6.63. The van der Waals surface area contributed by atoms with E-state index < -0.39 is 5.60 Å². The Hall–Kier alpha value is -1.72. The van der Waals surface area contributed by atoms with E-state index in [2.05, 4.69) is 5.10 Å². The molecular weight excluding hydrogens is 244 g/mol. The lowest BCUT2D eigenvalue weighted by molar-refractivity contribution is 0.0211. The molecule has 0 radical (unpaired) electrons. The van der Waals surface area contributed by atoms with Crippen LogP contribution in [0.3, 0.4) is 0 Å². The van der Waals surface area contributed by atoms with Gasteiger partial charge in [-0.15, -0.1) is 0 Å². The molecule has 19 heavy (non-hydrogen) atoms. The standard InChI is InChI=1S/C13H22N4O2/c1-13(2,3)19-12(18)17-6-4-5-11(17)9-16-8-10(14)7-15-16/h7-8,11H,4-6,9,14H2,1-3H3/t11-/m1/s1. The van der Waals surface area contributed by atoms with Crippen LogP contribution >= 0.6 is 0 Å². The molecule has 2 N–H and O–H groups in total. The van der Waals surface area contributed by atoms with Crippen LogP contribution in [0.25, 0.3) is 0 Å². The average molecular weight is 266 g/mol. The van der Waals surface area contributed by atoms with E-state index in [1.165, 1.54) is 0 Å². The molecule has 1 aliphatic heterocycles. The number of nitrogens with zero attached hydrogens (tertiary/aromatic N) is 3. The number of likely N-dealkylation sites (tertiary alicyclic amines) is 1. The number of ether oxygens (including phenoxy) is 1. The summed E-state index contributed by atoms with van der Waals surface area (Å²) in [6.45, 7) is 7.05. The smallest absolute Gasteiger partial charge is 0.410 e. The molecule has 6 heteroatoms. The average Bonchev–Trinajstić information content (AvgIpc) is 2.86. The molecule has 1 aliphatic rings. The molecule has 2 heterocycles.